The number of aromatic nitrogens is 3. The Bertz CT molecular complexity index is 303. The van der Waals surface area contributed by atoms with Crippen LogP contribution in [-0.4, -0.2) is 51.9 Å². The Kier molecular flexibility index (Phi) is 5.61. The molecule has 0 spiro atoms. The summed E-state index contributed by atoms with van der Waals surface area (Å²) in [6, 6.07) is 0.548. The van der Waals surface area contributed by atoms with Crippen molar-refractivity contribution in [3.8, 4) is 0 Å². The molecule has 1 N–H and O–H groups in total. The number of likely N-dealkylation sites (tertiary alicyclic amines) is 1. The molecule has 1 saturated heterocycles. The van der Waals surface area contributed by atoms with Gasteiger partial charge in [0.1, 0.15) is 12.7 Å². The average Bonchev–Trinajstić information content (AvgIpc) is 2.74. The third kappa shape index (κ3) is 4.74. The lowest BCUT2D eigenvalue weighted by atomic mass is 10.2. The number of hydrogen-bond donors (Lipinski definition) is 1. The lowest BCUT2D eigenvalue weighted by Gasteiger charge is -2.24. The molecule has 102 valence electrons. The molecule has 0 radical (unpaired) electrons. The van der Waals surface area contributed by atoms with E-state index in [9.17, 15) is 0 Å². The molecule has 5 nitrogen and oxygen atoms in total. The van der Waals surface area contributed by atoms with E-state index < -0.39 is 0 Å². The molecule has 5 heteroatoms. The smallest absolute Gasteiger partial charge is 0.137 e. The second-order valence-electron chi connectivity index (χ2n) is 5.23. The normalized spacial score (nSPS) is 19.6. The molecule has 1 fully saturated rings. The van der Waals surface area contributed by atoms with Crippen LogP contribution in [0, 0.1) is 0 Å². The highest BCUT2D eigenvalue weighted by Crippen LogP contribution is 2.09. The van der Waals surface area contributed by atoms with Crippen LogP contribution in [0.1, 0.15) is 32.6 Å². The van der Waals surface area contributed by atoms with Gasteiger partial charge in [-0.3, -0.25) is 4.68 Å². The van der Waals surface area contributed by atoms with E-state index in [0.717, 1.165) is 19.6 Å². The van der Waals surface area contributed by atoms with Gasteiger partial charge in [-0.25, -0.2) is 4.98 Å². The maximum atomic E-state index is 4.10. The maximum absolute atomic E-state index is 4.10. The molecule has 0 aliphatic carbocycles. The van der Waals surface area contributed by atoms with Crippen molar-refractivity contribution >= 4 is 0 Å². The highest BCUT2D eigenvalue weighted by atomic mass is 15.3. The van der Waals surface area contributed by atoms with E-state index in [1.165, 1.54) is 38.8 Å². The first-order chi connectivity index (χ1) is 8.84. The van der Waals surface area contributed by atoms with Gasteiger partial charge in [-0.1, -0.05) is 12.8 Å². The molecule has 1 aliphatic heterocycles. The Balaban J connectivity index is 1.60. The van der Waals surface area contributed by atoms with E-state index in [4.69, 9.17) is 0 Å². The predicted octanol–water partition coefficient (Wildman–Crippen LogP) is 1.13. The summed E-state index contributed by atoms with van der Waals surface area (Å²) < 4.78 is 1.87. The molecule has 1 atom stereocenters. The molecule has 1 aromatic rings. The first-order valence-electron chi connectivity index (χ1n) is 7.13. The molecule has 1 aromatic heterocycles. The first-order valence-corrected chi connectivity index (χ1v) is 7.13. The number of nitrogens with one attached hydrogen (secondary N) is 1. The lowest BCUT2D eigenvalue weighted by Crippen LogP contribution is -2.40. The van der Waals surface area contributed by atoms with Crippen molar-refractivity contribution in [1.29, 1.82) is 0 Å². The summed E-state index contributed by atoms with van der Waals surface area (Å²) in [6.45, 7) is 7.83. The van der Waals surface area contributed by atoms with Crippen LogP contribution < -0.4 is 5.32 Å². The van der Waals surface area contributed by atoms with E-state index in [1.54, 1.807) is 12.7 Å². The lowest BCUT2D eigenvalue weighted by molar-refractivity contribution is 0.255. The summed E-state index contributed by atoms with van der Waals surface area (Å²) in [5.74, 6) is 0. The highest BCUT2D eigenvalue weighted by Gasteiger charge is 2.11. The molecule has 18 heavy (non-hydrogen) atoms. The minimum absolute atomic E-state index is 0.548. The topological polar surface area (TPSA) is 46.0 Å². The Morgan fingerprint density at radius 3 is 2.67 bits per heavy atom. The van der Waals surface area contributed by atoms with Gasteiger partial charge in [-0.05, 0) is 32.9 Å². The molecular formula is C13H25N5. The van der Waals surface area contributed by atoms with Gasteiger partial charge in [-0.2, -0.15) is 5.10 Å². The van der Waals surface area contributed by atoms with Crippen LogP contribution in [0.25, 0.3) is 0 Å². The Labute approximate surface area is 110 Å². The summed E-state index contributed by atoms with van der Waals surface area (Å²) in [7, 11) is 0. The molecule has 0 amide bonds. The van der Waals surface area contributed by atoms with Crippen LogP contribution in [0.5, 0.6) is 0 Å². The van der Waals surface area contributed by atoms with Gasteiger partial charge < -0.3 is 10.2 Å². The fraction of sp³-hybridized carbons (Fsp3) is 0.846. The summed E-state index contributed by atoms with van der Waals surface area (Å²) in [4.78, 5) is 6.54. The molecule has 2 heterocycles. The molecule has 2 rings (SSSR count). The third-order valence-electron chi connectivity index (χ3n) is 3.53. The number of rotatable bonds is 6. The van der Waals surface area contributed by atoms with Crippen LogP contribution in [0.15, 0.2) is 12.7 Å². The monoisotopic (exact) mass is 251 g/mol. The fourth-order valence-electron chi connectivity index (χ4n) is 2.54. The Hall–Kier alpha value is -0.940. The first kappa shape index (κ1) is 13.5. The van der Waals surface area contributed by atoms with Gasteiger partial charge in [0.15, 0.2) is 0 Å². The molecule has 0 unspecified atom stereocenters. The van der Waals surface area contributed by atoms with Gasteiger partial charge in [0.05, 0.1) is 6.54 Å². The zero-order valence-electron chi connectivity index (χ0n) is 11.4. The van der Waals surface area contributed by atoms with Crippen molar-refractivity contribution in [2.24, 2.45) is 0 Å². The summed E-state index contributed by atoms with van der Waals surface area (Å²) in [6.07, 6.45) is 8.90. The van der Waals surface area contributed by atoms with Crippen molar-refractivity contribution < 1.29 is 0 Å². The van der Waals surface area contributed by atoms with Gasteiger partial charge in [0.25, 0.3) is 0 Å². The highest BCUT2D eigenvalue weighted by molar-refractivity contribution is 4.70. The molecule has 1 aliphatic rings. The standard InChI is InChI=1S/C13H25N5/c1-13(10-17-7-4-2-3-5-8-17)15-6-9-18-12-14-11-16-18/h11-13,15H,2-10H2,1H3/t13-/m1/s1. The van der Waals surface area contributed by atoms with Crippen LogP contribution in [0.2, 0.25) is 0 Å². The van der Waals surface area contributed by atoms with Gasteiger partial charge in [0.2, 0.25) is 0 Å². The van der Waals surface area contributed by atoms with Crippen molar-refractivity contribution in [2.45, 2.75) is 45.2 Å². The minimum Gasteiger partial charge on any atom is -0.311 e. The largest absolute Gasteiger partial charge is 0.311 e. The van der Waals surface area contributed by atoms with Crippen LogP contribution in [-0.2, 0) is 6.54 Å². The SMILES string of the molecule is C[C@H](CN1CCCCCC1)NCCn1cncn1. The Morgan fingerprint density at radius 1 is 1.22 bits per heavy atom. The predicted molar refractivity (Wildman–Crippen MR) is 72.4 cm³/mol. The second-order valence-corrected chi connectivity index (χ2v) is 5.23. The van der Waals surface area contributed by atoms with Crippen molar-refractivity contribution in [2.75, 3.05) is 26.2 Å². The van der Waals surface area contributed by atoms with Crippen molar-refractivity contribution in [3.63, 3.8) is 0 Å². The van der Waals surface area contributed by atoms with Crippen molar-refractivity contribution in [3.05, 3.63) is 12.7 Å². The quantitative estimate of drug-likeness (QED) is 0.823. The van der Waals surface area contributed by atoms with E-state index in [0.29, 0.717) is 6.04 Å². The van der Waals surface area contributed by atoms with Gasteiger partial charge in [0, 0.05) is 19.1 Å². The van der Waals surface area contributed by atoms with E-state index >= 15 is 0 Å². The second kappa shape index (κ2) is 7.48. The van der Waals surface area contributed by atoms with Gasteiger partial charge >= 0.3 is 0 Å². The molecular weight excluding hydrogens is 226 g/mol. The van der Waals surface area contributed by atoms with Crippen LogP contribution in [0.4, 0.5) is 0 Å². The molecule has 0 aromatic carbocycles. The fourth-order valence-corrected chi connectivity index (χ4v) is 2.54. The Morgan fingerprint density at radius 2 is 2.00 bits per heavy atom. The van der Waals surface area contributed by atoms with E-state index in [2.05, 4.69) is 27.2 Å². The summed E-state index contributed by atoms with van der Waals surface area (Å²) in [5.41, 5.74) is 0. The molecule has 0 saturated carbocycles. The van der Waals surface area contributed by atoms with Crippen LogP contribution in [0.3, 0.4) is 0 Å². The maximum Gasteiger partial charge on any atom is 0.137 e. The number of hydrogen-bond acceptors (Lipinski definition) is 4. The summed E-state index contributed by atoms with van der Waals surface area (Å²) >= 11 is 0. The molecule has 0 bridgehead atoms. The van der Waals surface area contributed by atoms with E-state index in [1.807, 2.05) is 4.68 Å². The van der Waals surface area contributed by atoms with E-state index in [-0.39, 0.29) is 0 Å². The number of nitrogens with zero attached hydrogens (tertiary/aromatic N) is 4. The third-order valence-corrected chi connectivity index (χ3v) is 3.53. The average molecular weight is 251 g/mol. The zero-order valence-corrected chi connectivity index (χ0v) is 11.4. The summed E-state index contributed by atoms with van der Waals surface area (Å²) in [5, 5.41) is 7.65. The minimum atomic E-state index is 0.548. The van der Waals surface area contributed by atoms with Crippen molar-refractivity contribution in [1.82, 2.24) is 25.0 Å². The van der Waals surface area contributed by atoms with Gasteiger partial charge in [-0.15, -0.1) is 0 Å². The van der Waals surface area contributed by atoms with Crippen LogP contribution >= 0.6 is 0 Å². The zero-order chi connectivity index (χ0) is 12.6.